The van der Waals surface area contributed by atoms with Gasteiger partial charge in [-0.3, -0.25) is 9.59 Å². The molecule has 0 radical (unpaired) electrons. The number of carboxylic acids is 1. The van der Waals surface area contributed by atoms with Crippen molar-refractivity contribution in [2.24, 2.45) is 11.3 Å². The maximum Gasteiger partial charge on any atom is 0.304 e. The van der Waals surface area contributed by atoms with E-state index < -0.39 is 17.4 Å². The van der Waals surface area contributed by atoms with Crippen LogP contribution in [0.15, 0.2) is 6.20 Å². The third-order valence-electron chi connectivity index (χ3n) is 6.48. The summed E-state index contributed by atoms with van der Waals surface area (Å²) in [5, 5.41) is 20.8. The Morgan fingerprint density at radius 2 is 2.07 bits per heavy atom. The Morgan fingerprint density at radius 3 is 2.71 bits per heavy atom. The lowest BCUT2D eigenvalue weighted by molar-refractivity contribution is -0.144. The van der Waals surface area contributed by atoms with Crippen LogP contribution in [0.2, 0.25) is 0 Å². The highest BCUT2D eigenvalue weighted by atomic mass is 16.5. The SMILES string of the molecule is CC(CC(=O)O)C(=O)NC1(c2cn([C@@H]3CCOC3)nn2)CC2(CCOCC2)C1. The Balaban J connectivity index is 1.54. The first kappa shape index (κ1) is 19.3. The zero-order valence-electron chi connectivity index (χ0n) is 16.2. The lowest BCUT2D eigenvalue weighted by Crippen LogP contribution is -2.61. The number of carbonyl (C=O) groups is 2. The minimum absolute atomic E-state index is 0.155. The zero-order chi connectivity index (χ0) is 19.8. The smallest absolute Gasteiger partial charge is 0.304 e. The molecule has 3 aliphatic rings. The van der Waals surface area contributed by atoms with Gasteiger partial charge in [-0.05, 0) is 37.5 Å². The van der Waals surface area contributed by atoms with Crippen LogP contribution in [-0.4, -0.2) is 58.4 Å². The standard InChI is InChI=1S/C19H28N4O5/c1-13(8-16(24)25)17(26)20-19(11-18(12-19)3-6-27-7-4-18)15-9-23(22-21-15)14-2-5-28-10-14/h9,13-14H,2-8,10-12H2,1H3,(H,20,26)(H,24,25)/t13?,14-/m1/s1. The number of nitrogens with one attached hydrogen (secondary N) is 1. The van der Waals surface area contributed by atoms with Gasteiger partial charge < -0.3 is 19.9 Å². The van der Waals surface area contributed by atoms with Gasteiger partial charge in [-0.25, -0.2) is 4.68 Å². The molecule has 2 atom stereocenters. The third-order valence-corrected chi connectivity index (χ3v) is 6.48. The third kappa shape index (κ3) is 3.65. The molecule has 9 nitrogen and oxygen atoms in total. The predicted octanol–water partition coefficient (Wildman–Crippen LogP) is 1.25. The second kappa shape index (κ2) is 7.44. The highest BCUT2D eigenvalue weighted by Crippen LogP contribution is 2.58. The monoisotopic (exact) mass is 392 g/mol. The van der Waals surface area contributed by atoms with Crippen molar-refractivity contribution >= 4 is 11.9 Å². The van der Waals surface area contributed by atoms with E-state index in [4.69, 9.17) is 14.6 Å². The van der Waals surface area contributed by atoms with E-state index in [1.54, 1.807) is 6.92 Å². The van der Waals surface area contributed by atoms with Crippen molar-refractivity contribution in [3.05, 3.63) is 11.9 Å². The summed E-state index contributed by atoms with van der Waals surface area (Å²) in [5.41, 5.74) is 0.327. The van der Waals surface area contributed by atoms with Crippen LogP contribution in [0.4, 0.5) is 0 Å². The molecule has 2 saturated heterocycles. The Hall–Kier alpha value is -2.00. The van der Waals surface area contributed by atoms with E-state index in [1.165, 1.54) is 0 Å². The quantitative estimate of drug-likeness (QED) is 0.748. The molecule has 0 aromatic carbocycles. The molecule has 3 heterocycles. The number of aliphatic carboxylic acids is 1. The molecule has 1 saturated carbocycles. The van der Waals surface area contributed by atoms with Crippen molar-refractivity contribution < 1.29 is 24.2 Å². The van der Waals surface area contributed by atoms with E-state index in [0.29, 0.717) is 6.61 Å². The molecule has 28 heavy (non-hydrogen) atoms. The van der Waals surface area contributed by atoms with E-state index >= 15 is 0 Å². The molecule has 1 unspecified atom stereocenters. The van der Waals surface area contributed by atoms with Crippen LogP contribution in [0.25, 0.3) is 0 Å². The summed E-state index contributed by atoms with van der Waals surface area (Å²) in [5.74, 6) is -1.82. The van der Waals surface area contributed by atoms with Gasteiger partial charge in [0.25, 0.3) is 0 Å². The maximum absolute atomic E-state index is 12.7. The molecule has 1 aliphatic carbocycles. The zero-order valence-corrected chi connectivity index (χ0v) is 16.2. The fraction of sp³-hybridized carbons (Fsp3) is 0.789. The molecular weight excluding hydrogens is 364 g/mol. The van der Waals surface area contributed by atoms with Gasteiger partial charge in [-0.15, -0.1) is 5.10 Å². The predicted molar refractivity (Wildman–Crippen MR) is 97.5 cm³/mol. The van der Waals surface area contributed by atoms with Crippen LogP contribution in [0.1, 0.15) is 57.2 Å². The van der Waals surface area contributed by atoms with Crippen molar-refractivity contribution in [2.45, 2.75) is 57.0 Å². The highest BCUT2D eigenvalue weighted by molar-refractivity contribution is 5.83. The number of nitrogens with zero attached hydrogens (tertiary/aromatic N) is 3. The second-order valence-electron chi connectivity index (χ2n) is 8.64. The molecule has 4 rings (SSSR count). The minimum Gasteiger partial charge on any atom is -0.481 e. The Kier molecular flexibility index (Phi) is 5.13. The van der Waals surface area contributed by atoms with Gasteiger partial charge in [0.15, 0.2) is 0 Å². The van der Waals surface area contributed by atoms with E-state index in [1.807, 2.05) is 10.9 Å². The summed E-state index contributed by atoms with van der Waals surface area (Å²) in [6, 6.07) is 0.178. The van der Waals surface area contributed by atoms with Crippen LogP contribution in [0.5, 0.6) is 0 Å². The minimum atomic E-state index is -0.974. The highest BCUT2D eigenvalue weighted by Gasteiger charge is 2.58. The van der Waals surface area contributed by atoms with Gasteiger partial charge >= 0.3 is 5.97 Å². The first-order chi connectivity index (χ1) is 13.4. The van der Waals surface area contributed by atoms with Gasteiger partial charge in [-0.1, -0.05) is 12.1 Å². The number of rotatable bonds is 6. The topological polar surface area (TPSA) is 116 Å². The number of hydrogen-bond donors (Lipinski definition) is 2. The van der Waals surface area contributed by atoms with Crippen LogP contribution < -0.4 is 5.32 Å². The summed E-state index contributed by atoms with van der Waals surface area (Å²) in [6.45, 7) is 4.47. The Bertz CT molecular complexity index is 728. The van der Waals surface area contributed by atoms with Gasteiger partial charge in [0.2, 0.25) is 5.91 Å². The maximum atomic E-state index is 12.7. The number of hydrogen-bond acceptors (Lipinski definition) is 6. The van der Waals surface area contributed by atoms with Gasteiger partial charge in [0, 0.05) is 25.7 Å². The summed E-state index contributed by atoms with van der Waals surface area (Å²) in [4.78, 5) is 23.7. The van der Waals surface area contributed by atoms with Crippen LogP contribution in [-0.2, 0) is 24.6 Å². The lowest BCUT2D eigenvalue weighted by atomic mass is 9.53. The molecule has 2 aliphatic heterocycles. The van der Waals surface area contributed by atoms with Crippen molar-refractivity contribution in [3.63, 3.8) is 0 Å². The van der Waals surface area contributed by atoms with Gasteiger partial charge in [0.05, 0.1) is 30.8 Å². The first-order valence-corrected chi connectivity index (χ1v) is 10.0. The van der Waals surface area contributed by atoms with Crippen LogP contribution in [0.3, 0.4) is 0 Å². The number of aromatic nitrogens is 3. The van der Waals surface area contributed by atoms with E-state index in [-0.39, 0.29) is 23.8 Å². The largest absolute Gasteiger partial charge is 0.481 e. The first-order valence-electron chi connectivity index (χ1n) is 10.0. The van der Waals surface area contributed by atoms with Crippen LogP contribution >= 0.6 is 0 Å². The summed E-state index contributed by atoms with van der Waals surface area (Å²) >= 11 is 0. The molecule has 3 fully saturated rings. The Morgan fingerprint density at radius 1 is 1.32 bits per heavy atom. The number of carboxylic acid groups (broad SMARTS) is 1. The average Bonchev–Trinajstić information content (AvgIpc) is 3.32. The van der Waals surface area contributed by atoms with Crippen LogP contribution in [0, 0.1) is 11.3 Å². The Labute approximate surface area is 163 Å². The number of carbonyl (C=O) groups excluding carboxylic acids is 1. The van der Waals surface area contributed by atoms with Crippen molar-refractivity contribution in [1.29, 1.82) is 0 Å². The normalized spacial score (nSPS) is 26.5. The molecule has 1 aromatic rings. The molecule has 0 bridgehead atoms. The fourth-order valence-corrected chi connectivity index (χ4v) is 4.84. The van der Waals surface area contributed by atoms with E-state index in [9.17, 15) is 9.59 Å². The number of amides is 1. The number of ether oxygens (including phenoxy) is 2. The summed E-state index contributed by atoms with van der Waals surface area (Å²) in [6.07, 6.45) is 6.16. The van der Waals surface area contributed by atoms with Gasteiger partial charge in [0.1, 0.15) is 5.69 Å². The average molecular weight is 392 g/mol. The summed E-state index contributed by atoms with van der Waals surface area (Å²) < 4.78 is 12.8. The molecule has 9 heteroatoms. The summed E-state index contributed by atoms with van der Waals surface area (Å²) in [7, 11) is 0. The van der Waals surface area contributed by atoms with E-state index in [0.717, 1.165) is 57.6 Å². The molecule has 1 spiro atoms. The van der Waals surface area contributed by atoms with Crippen molar-refractivity contribution in [2.75, 3.05) is 26.4 Å². The van der Waals surface area contributed by atoms with E-state index in [2.05, 4.69) is 15.6 Å². The van der Waals surface area contributed by atoms with Crippen molar-refractivity contribution in [1.82, 2.24) is 20.3 Å². The molecular formula is C19H28N4O5. The van der Waals surface area contributed by atoms with Crippen molar-refractivity contribution in [3.8, 4) is 0 Å². The fourth-order valence-electron chi connectivity index (χ4n) is 4.84. The molecule has 1 amide bonds. The molecule has 2 N–H and O–H groups in total. The molecule has 1 aromatic heterocycles. The van der Waals surface area contributed by atoms with Gasteiger partial charge in [-0.2, -0.15) is 0 Å². The second-order valence-corrected chi connectivity index (χ2v) is 8.64. The lowest BCUT2D eigenvalue weighted by Gasteiger charge is -2.57. The molecule has 154 valence electrons.